The van der Waals surface area contributed by atoms with Crippen molar-refractivity contribution in [3.8, 4) is 0 Å². The molecule has 0 aromatic rings. The van der Waals surface area contributed by atoms with Gasteiger partial charge in [-0.25, -0.2) is 4.79 Å². The van der Waals surface area contributed by atoms with Gasteiger partial charge in [0.2, 0.25) is 0 Å². The van der Waals surface area contributed by atoms with Crippen LogP contribution in [0.25, 0.3) is 0 Å². The Morgan fingerprint density at radius 2 is 1.73 bits per heavy atom. The molecule has 146 valence electrons. The molecule has 4 bridgehead atoms. The Kier molecular flexibility index (Phi) is 4.66. The second kappa shape index (κ2) is 6.40. The second-order valence-corrected chi connectivity index (χ2v) is 7.89. The Hall–Kier alpha value is -1.84. The molecule has 7 nitrogen and oxygen atoms in total. The van der Waals surface area contributed by atoms with Crippen molar-refractivity contribution in [2.24, 2.45) is 17.3 Å². The normalized spacial score (nSPS) is 35.1. The highest BCUT2D eigenvalue weighted by molar-refractivity contribution is 5.95. The molecule has 0 radical (unpaired) electrons. The first-order chi connectivity index (χ1) is 12.0. The number of alkyl halides is 3. The lowest BCUT2D eigenvalue weighted by Gasteiger charge is -2.58. The Bertz CT molecular complexity index is 607. The van der Waals surface area contributed by atoms with E-state index in [1.807, 2.05) is 0 Å². The molecular formula is C16H21F3N2O5. The molecule has 4 rings (SSSR count). The third kappa shape index (κ3) is 4.11. The van der Waals surface area contributed by atoms with Crippen LogP contribution in [-0.2, 0) is 14.3 Å². The molecule has 10 heteroatoms. The zero-order valence-corrected chi connectivity index (χ0v) is 14.0. The molecule has 0 saturated heterocycles. The largest absolute Gasteiger partial charge is 0.455 e. The maximum Gasteiger partial charge on any atom is 0.405 e. The molecule has 4 saturated carbocycles. The van der Waals surface area contributed by atoms with Crippen molar-refractivity contribution in [3.05, 3.63) is 0 Å². The molecule has 2 unspecified atom stereocenters. The monoisotopic (exact) mass is 378 g/mol. The number of hydrogen-bond donors (Lipinski definition) is 3. The Morgan fingerprint density at radius 1 is 1.12 bits per heavy atom. The van der Waals surface area contributed by atoms with Crippen molar-refractivity contribution in [1.82, 2.24) is 10.6 Å². The first kappa shape index (κ1) is 18.9. The number of imide groups is 1. The van der Waals surface area contributed by atoms with Crippen LogP contribution in [-0.4, -0.2) is 47.9 Å². The first-order valence-electron chi connectivity index (χ1n) is 8.53. The molecule has 0 aromatic carbocycles. The van der Waals surface area contributed by atoms with Crippen LogP contribution >= 0.6 is 0 Å². The summed E-state index contributed by atoms with van der Waals surface area (Å²) in [5.41, 5.74) is -1.67. The van der Waals surface area contributed by atoms with Gasteiger partial charge in [0.1, 0.15) is 6.54 Å². The van der Waals surface area contributed by atoms with Crippen LogP contribution in [0.15, 0.2) is 0 Å². The topological polar surface area (TPSA) is 105 Å². The number of esters is 1. The number of ether oxygens (including phenoxy) is 1. The summed E-state index contributed by atoms with van der Waals surface area (Å²) in [4.78, 5) is 35.3. The van der Waals surface area contributed by atoms with Crippen LogP contribution in [0.4, 0.5) is 18.0 Å². The summed E-state index contributed by atoms with van der Waals surface area (Å²) in [6.07, 6.45) is -0.726. The number of rotatable bonds is 4. The first-order valence-corrected chi connectivity index (χ1v) is 8.53. The lowest BCUT2D eigenvalue weighted by molar-refractivity contribution is -0.196. The minimum absolute atomic E-state index is 0.260. The average molecular weight is 378 g/mol. The highest BCUT2D eigenvalue weighted by Gasteiger charge is 2.60. The molecule has 4 atom stereocenters. The number of hydrogen-bond acceptors (Lipinski definition) is 5. The van der Waals surface area contributed by atoms with E-state index in [4.69, 9.17) is 4.74 Å². The molecule has 0 aliphatic heterocycles. The minimum atomic E-state index is -4.59. The van der Waals surface area contributed by atoms with E-state index in [1.165, 1.54) is 5.32 Å². The minimum Gasteiger partial charge on any atom is -0.455 e. The lowest BCUT2D eigenvalue weighted by Crippen LogP contribution is -2.58. The summed E-state index contributed by atoms with van der Waals surface area (Å²) >= 11 is 0. The number of amides is 3. The molecule has 4 aliphatic rings. The van der Waals surface area contributed by atoms with Crippen molar-refractivity contribution < 1.29 is 37.4 Å². The van der Waals surface area contributed by atoms with Gasteiger partial charge in [-0.15, -0.1) is 0 Å². The molecule has 3 amide bonds. The van der Waals surface area contributed by atoms with Crippen molar-refractivity contribution in [3.63, 3.8) is 0 Å². The SMILES string of the molecule is O=C(COC(=O)C12C[C@@H]3C[C@@H](CC(O)(C3)C1)C2)NC(=O)NCC(F)(F)F. The van der Waals surface area contributed by atoms with Crippen LogP contribution in [0.3, 0.4) is 0 Å². The van der Waals surface area contributed by atoms with Gasteiger partial charge in [0.25, 0.3) is 5.91 Å². The van der Waals surface area contributed by atoms with Gasteiger partial charge in [-0.05, 0) is 50.4 Å². The number of urea groups is 1. The second-order valence-electron chi connectivity index (χ2n) is 7.89. The van der Waals surface area contributed by atoms with Crippen LogP contribution in [0.1, 0.15) is 38.5 Å². The predicted molar refractivity (Wildman–Crippen MR) is 80.6 cm³/mol. The quantitative estimate of drug-likeness (QED) is 0.639. The summed E-state index contributed by atoms with van der Waals surface area (Å²) in [7, 11) is 0. The van der Waals surface area contributed by atoms with Gasteiger partial charge in [0.15, 0.2) is 6.61 Å². The van der Waals surface area contributed by atoms with Crippen molar-refractivity contribution in [2.45, 2.75) is 50.3 Å². The standard InChI is InChI=1S/C16H21F3N2O5/c17-16(18,19)8-20-13(24)21-11(22)6-26-12(23)14-2-9-1-10(3-14)5-15(25,4-9)7-14/h9-10,25H,1-8H2,(H2,20,21,22,24)/t9-,10+,14?,15?. The number of carbonyl (C=O) groups excluding carboxylic acids is 3. The highest BCUT2D eigenvalue weighted by atomic mass is 19.4. The number of halogens is 3. The Balaban J connectivity index is 1.48. The summed E-state index contributed by atoms with van der Waals surface area (Å²) in [5.74, 6) is -1.08. The molecule has 0 spiro atoms. The van der Waals surface area contributed by atoms with E-state index >= 15 is 0 Å². The van der Waals surface area contributed by atoms with Crippen molar-refractivity contribution in [2.75, 3.05) is 13.2 Å². The molecule has 4 fully saturated rings. The molecule has 0 heterocycles. The summed E-state index contributed by atoms with van der Waals surface area (Å²) < 4.78 is 41.0. The van der Waals surface area contributed by atoms with Crippen LogP contribution in [0, 0.1) is 17.3 Å². The third-order valence-corrected chi connectivity index (χ3v) is 5.50. The fraction of sp³-hybridized carbons (Fsp3) is 0.812. The third-order valence-electron chi connectivity index (χ3n) is 5.50. The smallest absolute Gasteiger partial charge is 0.405 e. The zero-order chi connectivity index (χ0) is 19.2. The van der Waals surface area contributed by atoms with Gasteiger partial charge in [-0.2, -0.15) is 13.2 Å². The van der Waals surface area contributed by atoms with Gasteiger partial charge < -0.3 is 15.2 Å². The highest BCUT2D eigenvalue weighted by Crippen LogP contribution is 2.61. The van der Waals surface area contributed by atoms with E-state index in [0.29, 0.717) is 32.1 Å². The van der Waals surface area contributed by atoms with Gasteiger partial charge in [-0.3, -0.25) is 14.9 Å². The van der Waals surface area contributed by atoms with Crippen LogP contribution in [0.5, 0.6) is 0 Å². The Labute approximate surface area is 147 Å². The zero-order valence-electron chi connectivity index (χ0n) is 14.0. The lowest BCUT2D eigenvalue weighted by atomic mass is 9.48. The summed E-state index contributed by atoms with van der Waals surface area (Å²) in [6, 6.07) is -1.31. The van der Waals surface area contributed by atoms with Gasteiger partial charge in [0.05, 0.1) is 11.0 Å². The molecule has 0 aromatic heterocycles. The Morgan fingerprint density at radius 3 is 2.27 bits per heavy atom. The molecule has 26 heavy (non-hydrogen) atoms. The van der Waals surface area contributed by atoms with E-state index in [2.05, 4.69) is 0 Å². The fourth-order valence-electron chi connectivity index (χ4n) is 5.12. The number of carbonyl (C=O) groups is 3. The average Bonchev–Trinajstić information content (AvgIpc) is 2.47. The van der Waals surface area contributed by atoms with Crippen molar-refractivity contribution in [1.29, 1.82) is 0 Å². The predicted octanol–water partition coefficient (Wildman–Crippen LogP) is 1.25. The molecule has 4 aliphatic carbocycles. The van der Waals surface area contributed by atoms with E-state index in [9.17, 15) is 32.7 Å². The summed E-state index contributed by atoms with van der Waals surface area (Å²) in [5, 5.41) is 13.8. The maximum absolute atomic E-state index is 12.5. The number of aliphatic hydroxyl groups is 1. The maximum atomic E-state index is 12.5. The van der Waals surface area contributed by atoms with Crippen LogP contribution < -0.4 is 10.6 Å². The van der Waals surface area contributed by atoms with Gasteiger partial charge >= 0.3 is 18.2 Å². The van der Waals surface area contributed by atoms with Crippen LogP contribution in [0.2, 0.25) is 0 Å². The van der Waals surface area contributed by atoms with Gasteiger partial charge in [-0.1, -0.05) is 0 Å². The van der Waals surface area contributed by atoms with E-state index in [0.717, 1.165) is 6.42 Å². The van der Waals surface area contributed by atoms with Gasteiger partial charge in [0, 0.05) is 0 Å². The molecular weight excluding hydrogens is 357 g/mol. The molecule has 3 N–H and O–H groups in total. The van der Waals surface area contributed by atoms with Crippen molar-refractivity contribution >= 4 is 17.9 Å². The van der Waals surface area contributed by atoms with E-state index in [-0.39, 0.29) is 11.8 Å². The van der Waals surface area contributed by atoms with E-state index in [1.54, 1.807) is 5.32 Å². The number of nitrogens with one attached hydrogen (secondary N) is 2. The summed E-state index contributed by atoms with van der Waals surface area (Å²) in [6.45, 7) is -2.33. The fourth-order valence-corrected chi connectivity index (χ4v) is 5.12. The van der Waals surface area contributed by atoms with E-state index < -0.39 is 48.3 Å².